The summed E-state index contributed by atoms with van der Waals surface area (Å²) in [7, 11) is 0. The van der Waals surface area contributed by atoms with Crippen molar-refractivity contribution in [1.29, 1.82) is 0 Å². The second kappa shape index (κ2) is 5.66. The zero-order valence-electron chi connectivity index (χ0n) is 10.5. The Labute approximate surface area is 127 Å². The van der Waals surface area contributed by atoms with Gasteiger partial charge in [-0.25, -0.2) is 15.0 Å². The third-order valence-corrected chi connectivity index (χ3v) is 4.15. The quantitative estimate of drug-likeness (QED) is 0.343. The number of fused-ring (bicyclic) bond motifs is 1. The number of thioether (sulfide) groups is 1. The summed E-state index contributed by atoms with van der Waals surface area (Å²) in [5.41, 5.74) is 2.05. The Morgan fingerprint density at radius 2 is 2.19 bits per heavy atom. The van der Waals surface area contributed by atoms with Crippen LogP contribution in [0.3, 0.4) is 0 Å². The molecule has 1 N–H and O–H groups in total. The Kier molecular flexibility index (Phi) is 3.72. The van der Waals surface area contributed by atoms with Crippen LogP contribution in [0, 0.1) is 10.1 Å². The summed E-state index contributed by atoms with van der Waals surface area (Å²) in [4.78, 5) is 25.6. The van der Waals surface area contributed by atoms with Gasteiger partial charge in [0.2, 0.25) is 0 Å². The molecule has 0 fully saturated rings. The van der Waals surface area contributed by atoms with Crippen LogP contribution in [0.1, 0.15) is 5.56 Å². The molecule has 2 aromatic heterocycles. The Bertz CT molecular complexity index is 822. The lowest BCUT2D eigenvalue weighted by atomic mass is 10.2. The van der Waals surface area contributed by atoms with E-state index in [1.807, 2.05) is 0 Å². The van der Waals surface area contributed by atoms with Crippen LogP contribution in [0.2, 0.25) is 5.02 Å². The van der Waals surface area contributed by atoms with Crippen LogP contribution >= 0.6 is 23.4 Å². The molecule has 0 saturated heterocycles. The highest BCUT2D eigenvalue weighted by molar-refractivity contribution is 7.98. The summed E-state index contributed by atoms with van der Waals surface area (Å²) in [6.45, 7) is 0. The van der Waals surface area contributed by atoms with E-state index in [0.717, 1.165) is 16.1 Å². The molecule has 0 spiro atoms. The number of hydrogen-bond donors (Lipinski definition) is 1. The third kappa shape index (κ3) is 2.81. The van der Waals surface area contributed by atoms with Gasteiger partial charge < -0.3 is 4.98 Å². The molecule has 21 heavy (non-hydrogen) atoms. The minimum atomic E-state index is -0.492. The summed E-state index contributed by atoms with van der Waals surface area (Å²) in [5, 5.41) is 11.7. The average Bonchev–Trinajstić information content (AvgIpc) is 2.95. The minimum Gasteiger partial charge on any atom is -0.341 e. The van der Waals surface area contributed by atoms with Gasteiger partial charge in [0.05, 0.1) is 11.3 Å². The molecular weight excluding hydrogens is 314 g/mol. The SMILES string of the molecule is O=[N+]([O-])c1cc(CSc2ncnc3nc[nH]c23)ccc1Cl. The molecule has 7 nitrogen and oxygen atoms in total. The number of halogens is 1. The zero-order chi connectivity index (χ0) is 14.8. The predicted molar refractivity (Wildman–Crippen MR) is 79.4 cm³/mol. The molecule has 0 atom stereocenters. The molecule has 0 aliphatic carbocycles. The fourth-order valence-electron chi connectivity index (χ4n) is 1.79. The van der Waals surface area contributed by atoms with Crippen molar-refractivity contribution in [2.45, 2.75) is 10.8 Å². The van der Waals surface area contributed by atoms with Crippen LogP contribution in [-0.4, -0.2) is 24.9 Å². The molecule has 2 heterocycles. The van der Waals surface area contributed by atoms with Crippen LogP contribution in [0.25, 0.3) is 11.2 Å². The van der Waals surface area contributed by atoms with Gasteiger partial charge in [-0.15, -0.1) is 0 Å². The van der Waals surface area contributed by atoms with Gasteiger partial charge in [0, 0.05) is 11.8 Å². The van der Waals surface area contributed by atoms with Crippen molar-refractivity contribution in [3.63, 3.8) is 0 Å². The monoisotopic (exact) mass is 321 g/mol. The first-order valence-corrected chi connectivity index (χ1v) is 7.21. The Hall–Kier alpha value is -2.19. The maximum atomic E-state index is 10.9. The topological polar surface area (TPSA) is 97.6 Å². The smallest absolute Gasteiger partial charge is 0.288 e. The molecule has 0 bridgehead atoms. The van der Waals surface area contributed by atoms with Crippen molar-refractivity contribution in [3.05, 3.63) is 51.6 Å². The highest BCUT2D eigenvalue weighted by atomic mass is 35.5. The molecule has 106 valence electrons. The third-order valence-electron chi connectivity index (χ3n) is 2.77. The summed E-state index contributed by atoms with van der Waals surface area (Å²) in [5.74, 6) is 0.531. The highest BCUT2D eigenvalue weighted by Crippen LogP contribution is 2.30. The van der Waals surface area contributed by atoms with Crippen molar-refractivity contribution < 1.29 is 4.92 Å². The molecule has 0 radical (unpaired) electrons. The molecule has 1 aromatic carbocycles. The second-order valence-electron chi connectivity index (χ2n) is 4.11. The van der Waals surface area contributed by atoms with E-state index < -0.39 is 4.92 Å². The molecule has 0 amide bonds. The molecule has 3 aromatic rings. The first-order chi connectivity index (χ1) is 10.1. The van der Waals surface area contributed by atoms with Gasteiger partial charge in [0.25, 0.3) is 5.69 Å². The van der Waals surface area contributed by atoms with E-state index in [9.17, 15) is 10.1 Å². The molecule has 0 aliphatic rings. The number of aromatic nitrogens is 4. The number of imidazole rings is 1. The first-order valence-electron chi connectivity index (χ1n) is 5.85. The van der Waals surface area contributed by atoms with E-state index >= 15 is 0 Å². The highest BCUT2D eigenvalue weighted by Gasteiger charge is 2.13. The molecular formula is C12H8ClN5O2S. The van der Waals surface area contributed by atoms with Crippen molar-refractivity contribution in [2.75, 3.05) is 0 Å². The van der Waals surface area contributed by atoms with Gasteiger partial charge in [0.15, 0.2) is 5.65 Å². The standard InChI is InChI=1S/C12H8ClN5O2S/c13-8-2-1-7(3-9(8)18(19)20)4-21-12-10-11(15-5-14-10)16-6-17-12/h1-3,5-6H,4H2,(H,14,15,16,17). The van der Waals surface area contributed by atoms with Gasteiger partial charge in [-0.2, -0.15) is 0 Å². The lowest BCUT2D eigenvalue weighted by Gasteiger charge is -2.03. The van der Waals surface area contributed by atoms with Crippen molar-refractivity contribution in [2.24, 2.45) is 0 Å². The predicted octanol–water partition coefficient (Wildman–Crippen LogP) is 3.21. The normalized spacial score (nSPS) is 10.9. The van der Waals surface area contributed by atoms with E-state index in [2.05, 4.69) is 19.9 Å². The molecule has 0 aliphatic heterocycles. The van der Waals surface area contributed by atoms with Crippen LogP contribution in [0.15, 0.2) is 35.9 Å². The van der Waals surface area contributed by atoms with Gasteiger partial charge in [-0.1, -0.05) is 29.4 Å². The molecule has 0 unspecified atom stereocenters. The molecule has 9 heteroatoms. The van der Waals surface area contributed by atoms with Crippen molar-refractivity contribution in [3.8, 4) is 0 Å². The number of benzene rings is 1. The minimum absolute atomic E-state index is 0.0934. The maximum Gasteiger partial charge on any atom is 0.288 e. The molecule has 3 rings (SSSR count). The van der Waals surface area contributed by atoms with Crippen LogP contribution < -0.4 is 0 Å². The summed E-state index contributed by atoms with van der Waals surface area (Å²) in [6, 6.07) is 4.76. The summed E-state index contributed by atoms with van der Waals surface area (Å²) >= 11 is 7.24. The van der Waals surface area contributed by atoms with Crippen molar-refractivity contribution in [1.82, 2.24) is 19.9 Å². The number of aromatic amines is 1. The van der Waals surface area contributed by atoms with Crippen LogP contribution in [0.4, 0.5) is 5.69 Å². The number of nitrogens with one attached hydrogen (secondary N) is 1. The van der Waals surface area contributed by atoms with E-state index in [4.69, 9.17) is 11.6 Å². The number of nitro benzene ring substituents is 1. The number of nitrogens with zero attached hydrogens (tertiary/aromatic N) is 4. The largest absolute Gasteiger partial charge is 0.341 e. The van der Waals surface area contributed by atoms with Crippen LogP contribution in [0.5, 0.6) is 0 Å². The van der Waals surface area contributed by atoms with Gasteiger partial charge in [-0.05, 0) is 11.6 Å². The maximum absolute atomic E-state index is 10.9. The van der Waals surface area contributed by atoms with Gasteiger partial charge in [0.1, 0.15) is 21.9 Å². The second-order valence-corrected chi connectivity index (χ2v) is 5.48. The average molecular weight is 322 g/mol. The lowest BCUT2D eigenvalue weighted by Crippen LogP contribution is -1.92. The Balaban J connectivity index is 1.83. The molecule has 0 saturated carbocycles. The number of rotatable bonds is 4. The number of hydrogen-bond acceptors (Lipinski definition) is 6. The van der Waals surface area contributed by atoms with Crippen molar-refractivity contribution >= 4 is 40.2 Å². The van der Waals surface area contributed by atoms with Crippen LogP contribution in [-0.2, 0) is 5.75 Å². The van der Waals surface area contributed by atoms with E-state index in [1.54, 1.807) is 12.4 Å². The lowest BCUT2D eigenvalue weighted by molar-refractivity contribution is -0.384. The fourth-order valence-corrected chi connectivity index (χ4v) is 2.88. The summed E-state index contributed by atoms with van der Waals surface area (Å²) < 4.78 is 0. The Morgan fingerprint density at radius 3 is 3.00 bits per heavy atom. The van der Waals surface area contributed by atoms with E-state index in [1.165, 1.54) is 30.2 Å². The Morgan fingerprint density at radius 1 is 1.33 bits per heavy atom. The summed E-state index contributed by atoms with van der Waals surface area (Å²) in [6.07, 6.45) is 2.99. The van der Waals surface area contributed by atoms with Gasteiger partial charge in [-0.3, -0.25) is 10.1 Å². The van der Waals surface area contributed by atoms with Gasteiger partial charge >= 0.3 is 0 Å². The first kappa shape index (κ1) is 13.8. The van der Waals surface area contributed by atoms with E-state index in [-0.39, 0.29) is 10.7 Å². The van der Waals surface area contributed by atoms with E-state index in [0.29, 0.717) is 11.4 Å². The number of nitro groups is 1. The zero-order valence-corrected chi connectivity index (χ0v) is 12.1. The number of H-pyrrole nitrogens is 1. The fraction of sp³-hybridized carbons (Fsp3) is 0.0833.